The third kappa shape index (κ3) is 5.76. The van der Waals surface area contributed by atoms with Crippen molar-refractivity contribution in [2.24, 2.45) is 16.3 Å². The number of guanidine groups is 1. The molecule has 2 saturated carbocycles. The van der Waals surface area contributed by atoms with Gasteiger partial charge in [-0.1, -0.05) is 26.2 Å². The summed E-state index contributed by atoms with van der Waals surface area (Å²) in [5.41, 5.74) is -0.248. The van der Waals surface area contributed by atoms with Gasteiger partial charge in [0.05, 0.1) is 18.6 Å². The molecule has 4 atom stereocenters. The molecule has 4 nitrogen and oxygen atoms in total. The van der Waals surface area contributed by atoms with Crippen LogP contribution < -0.4 is 10.6 Å². The highest BCUT2D eigenvalue weighted by Crippen LogP contribution is 2.38. The van der Waals surface area contributed by atoms with Crippen LogP contribution in [0, 0.1) is 11.3 Å². The average molecular weight is 363 g/mol. The molecule has 25 heavy (non-hydrogen) atoms. The molecule has 2 fully saturated rings. The van der Waals surface area contributed by atoms with Crippen LogP contribution in [0.25, 0.3) is 0 Å². The Labute approximate surface area is 148 Å². The van der Waals surface area contributed by atoms with Gasteiger partial charge >= 0.3 is 6.18 Å². The monoisotopic (exact) mass is 363 g/mol. The minimum Gasteiger partial charge on any atom is -0.392 e. The summed E-state index contributed by atoms with van der Waals surface area (Å²) in [6, 6.07) is -0.206. The lowest BCUT2D eigenvalue weighted by Crippen LogP contribution is -2.47. The van der Waals surface area contributed by atoms with Gasteiger partial charge in [-0.3, -0.25) is 4.99 Å². The lowest BCUT2D eigenvalue weighted by Gasteiger charge is -2.37. The smallest absolute Gasteiger partial charge is 0.391 e. The van der Waals surface area contributed by atoms with Crippen LogP contribution >= 0.6 is 0 Å². The van der Waals surface area contributed by atoms with Crippen molar-refractivity contribution in [2.75, 3.05) is 13.1 Å². The minimum absolute atomic E-state index is 0.105. The van der Waals surface area contributed by atoms with Crippen LogP contribution in [0.15, 0.2) is 4.99 Å². The molecule has 4 unspecified atom stereocenters. The van der Waals surface area contributed by atoms with Crippen LogP contribution in [0.4, 0.5) is 13.2 Å². The number of aliphatic hydroxyl groups excluding tert-OH is 1. The number of aliphatic hydroxyl groups is 1. The molecule has 0 amide bonds. The van der Waals surface area contributed by atoms with Gasteiger partial charge in [0, 0.05) is 18.0 Å². The first kappa shape index (κ1) is 20.3. The molecule has 0 heterocycles. The number of alkyl halides is 3. The van der Waals surface area contributed by atoms with Crippen molar-refractivity contribution < 1.29 is 18.3 Å². The number of nitrogens with one attached hydrogen (secondary N) is 2. The first-order chi connectivity index (χ1) is 11.7. The Balaban J connectivity index is 1.97. The van der Waals surface area contributed by atoms with E-state index in [1.165, 1.54) is 0 Å². The van der Waals surface area contributed by atoms with E-state index in [4.69, 9.17) is 0 Å². The van der Waals surface area contributed by atoms with E-state index in [2.05, 4.69) is 15.6 Å². The summed E-state index contributed by atoms with van der Waals surface area (Å²) in [7, 11) is 0. The van der Waals surface area contributed by atoms with Crippen molar-refractivity contribution in [3.63, 3.8) is 0 Å². The average Bonchev–Trinajstić information content (AvgIpc) is 2.55. The molecule has 2 aliphatic rings. The summed E-state index contributed by atoms with van der Waals surface area (Å²) in [6.45, 7) is 5.12. The number of aliphatic imine (C=N–C) groups is 1. The van der Waals surface area contributed by atoms with Crippen LogP contribution in [0.3, 0.4) is 0 Å². The molecule has 3 N–H and O–H groups in total. The predicted molar refractivity (Wildman–Crippen MR) is 93.5 cm³/mol. The molecular weight excluding hydrogens is 331 g/mol. The highest BCUT2D eigenvalue weighted by molar-refractivity contribution is 5.80. The van der Waals surface area contributed by atoms with Gasteiger partial charge in [0.2, 0.25) is 0 Å². The largest absolute Gasteiger partial charge is 0.392 e. The molecule has 0 aromatic heterocycles. The van der Waals surface area contributed by atoms with E-state index in [1.807, 2.05) is 13.8 Å². The summed E-state index contributed by atoms with van der Waals surface area (Å²) >= 11 is 0. The molecule has 0 radical (unpaired) electrons. The maximum atomic E-state index is 13.0. The third-order valence-corrected chi connectivity index (χ3v) is 5.70. The number of hydrogen-bond donors (Lipinski definition) is 3. The Kier molecular flexibility index (Phi) is 7.00. The summed E-state index contributed by atoms with van der Waals surface area (Å²) in [4.78, 5) is 4.59. The van der Waals surface area contributed by atoms with Crippen molar-refractivity contribution in [1.82, 2.24) is 10.6 Å². The number of nitrogens with zero attached hydrogens (tertiary/aromatic N) is 1. The third-order valence-electron chi connectivity index (χ3n) is 5.70. The van der Waals surface area contributed by atoms with Crippen LogP contribution in [0.2, 0.25) is 0 Å². The summed E-state index contributed by atoms with van der Waals surface area (Å²) < 4.78 is 38.9. The molecule has 2 rings (SSSR count). The molecule has 0 bridgehead atoms. The first-order valence-corrected chi connectivity index (χ1v) is 9.54. The number of rotatable bonds is 4. The Bertz CT molecular complexity index is 455. The first-order valence-electron chi connectivity index (χ1n) is 9.54. The second kappa shape index (κ2) is 8.60. The molecule has 7 heteroatoms. The van der Waals surface area contributed by atoms with Crippen molar-refractivity contribution in [1.29, 1.82) is 0 Å². The lowest BCUT2D eigenvalue weighted by molar-refractivity contribution is -0.183. The highest BCUT2D eigenvalue weighted by Gasteiger charge is 2.42. The zero-order chi connectivity index (χ0) is 18.5. The molecule has 0 saturated heterocycles. The summed E-state index contributed by atoms with van der Waals surface area (Å²) in [5, 5.41) is 16.6. The second-order valence-corrected chi connectivity index (χ2v) is 7.86. The molecule has 146 valence electrons. The van der Waals surface area contributed by atoms with Crippen LogP contribution in [0.1, 0.15) is 65.2 Å². The lowest BCUT2D eigenvalue weighted by atomic mass is 9.73. The standard InChI is InChI=1S/C18H32F3N3O/c1-3-22-16(23-12-17(2)10-5-4-9-15(17)25)24-14-8-6-7-13(11-14)18(19,20)21/h13-15,25H,3-12H2,1-2H3,(H2,22,23,24). The normalized spacial score (nSPS) is 34.6. The van der Waals surface area contributed by atoms with Crippen molar-refractivity contribution >= 4 is 5.96 Å². The molecule has 0 spiro atoms. The van der Waals surface area contributed by atoms with Gasteiger partial charge in [-0.25, -0.2) is 0 Å². The van der Waals surface area contributed by atoms with Crippen molar-refractivity contribution in [3.8, 4) is 0 Å². The topological polar surface area (TPSA) is 56.7 Å². The van der Waals surface area contributed by atoms with E-state index < -0.39 is 12.1 Å². The Morgan fingerprint density at radius 2 is 1.96 bits per heavy atom. The van der Waals surface area contributed by atoms with Gasteiger partial charge < -0.3 is 15.7 Å². The van der Waals surface area contributed by atoms with Crippen LogP contribution in [-0.2, 0) is 0 Å². The van der Waals surface area contributed by atoms with Gasteiger partial charge in [-0.05, 0) is 39.0 Å². The molecule has 0 aromatic rings. The minimum atomic E-state index is -4.12. The van der Waals surface area contributed by atoms with E-state index in [0.717, 1.165) is 32.1 Å². The van der Waals surface area contributed by atoms with Gasteiger partial charge in [0.15, 0.2) is 5.96 Å². The summed E-state index contributed by atoms with van der Waals surface area (Å²) in [5.74, 6) is -0.659. The zero-order valence-electron chi connectivity index (χ0n) is 15.3. The van der Waals surface area contributed by atoms with Crippen LogP contribution in [0.5, 0.6) is 0 Å². The maximum Gasteiger partial charge on any atom is 0.391 e. The fourth-order valence-electron chi connectivity index (χ4n) is 3.96. The number of hydrogen-bond acceptors (Lipinski definition) is 2. The van der Waals surface area contributed by atoms with Crippen molar-refractivity contribution in [2.45, 2.75) is 83.5 Å². The molecule has 0 aliphatic heterocycles. The quantitative estimate of drug-likeness (QED) is 0.528. The second-order valence-electron chi connectivity index (χ2n) is 7.86. The van der Waals surface area contributed by atoms with Gasteiger partial charge in [-0.15, -0.1) is 0 Å². The Hall–Kier alpha value is -0.980. The Morgan fingerprint density at radius 3 is 2.60 bits per heavy atom. The van der Waals surface area contributed by atoms with E-state index in [9.17, 15) is 18.3 Å². The SMILES string of the molecule is CCNC(=NCC1(C)CCCCC1O)NC1CCCC(C(F)(F)F)C1. The van der Waals surface area contributed by atoms with Crippen LogP contribution in [-0.4, -0.2) is 42.5 Å². The van der Waals surface area contributed by atoms with Gasteiger partial charge in [-0.2, -0.15) is 13.2 Å². The fourth-order valence-corrected chi connectivity index (χ4v) is 3.96. The fraction of sp³-hybridized carbons (Fsp3) is 0.944. The van der Waals surface area contributed by atoms with Gasteiger partial charge in [0.1, 0.15) is 0 Å². The highest BCUT2D eigenvalue weighted by atomic mass is 19.4. The predicted octanol–water partition coefficient (Wildman–Crippen LogP) is 3.60. The molecular formula is C18H32F3N3O. The summed E-state index contributed by atoms with van der Waals surface area (Å²) in [6.07, 6.45) is 1.01. The van der Waals surface area contributed by atoms with Crippen molar-refractivity contribution in [3.05, 3.63) is 0 Å². The Morgan fingerprint density at radius 1 is 1.20 bits per heavy atom. The molecule has 0 aromatic carbocycles. The van der Waals surface area contributed by atoms with E-state index >= 15 is 0 Å². The molecule has 2 aliphatic carbocycles. The van der Waals surface area contributed by atoms with E-state index in [-0.39, 0.29) is 30.4 Å². The maximum absolute atomic E-state index is 13.0. The number of halogens is 3. The van der Waals surface area contributed by atoms with E-state index in [1.54, 1.807) is 0 Å². The van der Waals surface area contributed by atoms with E-state index in [0.29, 0.717) is 25.5 Å². The van der Waals surface area contributed by atoms with Gasteiger partial charge in [0.25, 0.3) is 0 Å². The zero-order valence-corrected chi connectivity index (χ0v) is 15.3.